The molecule has 0 radical (unpaired) electrons. The zero-order valence-electron chi connectivity index (χ0n) is 9.27. The van der Waals surface area contributed by atoms with Gasteiger partial charge in [0, 0.05) is 5.69 Å². The van der Waals surface area contributed by atoms with Gasteiger partial charge in [-0.1, -0.05) is 6.07 Å². The molecule has 1 aromatic carbocycles. The number of rotatable bonds is 3. The van der Waals surface area contributed by atoms with Crippen molar-refractivity contribution in [3.05, 3.63) is 42.2 Å². The Balaban J connectivity index is 2.24. The molecule has 0 aliphatic heterocycles. The van der Waals surface area contributed by atoms with E-state index in [9.17, 15) is 4.39 Å². The summed E-state index contributed by atoms with van der Waals surface area (Å²) in [4.78, 5) is 4.13. The molecule has 17 heavy (non-hydrogen) atoms. The molecule has 0 aliphatic carbocycles. The summed E-state index contributed by atoms with van der Waals surface area (Å²) in [5.74, 6) is 0.575. The first kappa shape index (κ1) is 11.2. The van der Waals surface area contributed by atoms with Crippen molar-refractivity contribution in [2.45, 2.75) is 0 Å². The van der Waals surface area contributed by atoms with Gasteiger partial charge < -0.3 is 15.8 Å². The Morgan fingerprint density at radius 1 is 1.29 bits per heavy atom. The molecular weight excluding hydrogens is 221 g/mol. The number of methoxy groups -OCH3 is 1. The Bertz CT molecular complexity index is 531. The summed E-state index contributed by atoms with van der Waals surface area (Å²) in [7, 11) is 1.49. The van der Waals surface area contributed by atoms with E-state index in [1.807, 2.05) is 0 Å². The first-order valence-electron chi connectivity index (χ1n) is 5.02. The summed E-state index contributed by atoms with van der Waals surface area (Å²) in [5.41, 5.74) is 6.71. The van der Waals surface area contributed by atoms with Crippen molar-refractivity contribution in [3.63, 3.8) is 0 Å². The standard InChI is InChI=1S/C12H12FN3O/c1-17-12-10(14)5-6-11(16-12)15-9-4-2-3-8(13)7-9/h2-7H,14H2,1H3,(H,15,16). The van der Waals surface area contributed by atoms with E-state index in [2.05, 4.69) is 10.3 Å². The van der Waals surface area contributed by atoms with E-state index in [4.69, 9.17) is 10.5 Å². The molecule has 4 nitrogen and oxygen atoms in total. The van der Waals surface area contributed by atoms with E-state index < -0.39 is 0 Å². The average molecular weight is 233 g/mol. The zero-order valence-corrected chi connectivity index (χ0v) is 9.27. The van der Waals surface area contributed by atoms with Crippen LogP contribution >= 0.6 is 0 Å². The molecule has 0 amide bonds. The predicted octanol–water partition coefficient (Wildman–Crippen LogP) is 2.56. The molecule has 0 saturated heterocycles. The van der Waals surface area contributed by atoms with E-state index in [0.29, 0.717) is 23.1 Å². The van der Waals surface area contributed by atoms with Crippen LogP contribution in [0.4, 0.5) is 21.6 Å². The highest BCUT2D eigenvalue weighted by Crippen LogP contribution is 2.22. The number of hydrogen-bond donors (Lipinski definition) is 2. The number of ether oxygens (including phenoxy) is 1. The summed E-state index contributed by atoms with van der Waals surface area (Å²) >= 11 is 0. The maximum Gasteiger partial charge on any atom is 0.238 e. The molecule has 0 spiro atoms. The molecule has 2 rings (SSSR count). The van der Waals surface area contributed by atoms with Crippen LogP contribution in [0.2, 0.25) is 0 Å². The largest absolute Gasteiger partial charge is 0.479 e. The van der Waals surface area contributed by atoms with Gasteiger partial charge >= 0.3 is 0 Å². The van der Waals surface area contributed by atoms with E-state index in [0.717, 1.165) is 0 Å². The number of anilines is 3. The lowest BCUT2D eigenvalue weighted by Crippen LogP contribution is -1.99. The fraction of sp³-hybridized carbons (Fsp3) is 0.0833. The van der Waals surface area contributed by atoms with Gasteiger partial charge in [-0.15, -0.1) is 0 Å². The van der Waals surface area contributed by atoms with Gasteiger partial charge in [0.05, 0.1) is 12.8 Å². The van der Waals surface area contributed by atoms with Crippen LogP contribution in [0, 0.1) is 5.82 Å². The smallest absolute Gasteiger partial charge is 0.238 e. The van der Waals surface area contributed by atoms with Crippen LogP contribution < -0.4 is 15.8 Å². The second-order valence-corrected chi connectivity index (χ2v) is 3.43. The Morgan fingerprint density at radius 3 is 2.82 bits per heavy atom. The topological polar surface area (TPSA) is 60.2 Å². The van der Waals surface area contributed by atoms with Crippen LogP contribution in [0.15, 0.2) is 36.4 Å². The van der Waals surface area contributed by atoms with Gasteiger partial charge in [0.2, 0.25) is 5.88 Å². The van der Waals surface area contributed by atoms with Crippen LogP contribution in [0.3, 0.4) is 0 Å². The number of nitrogen functional groups attached to an aromatic ring is 1. The maximum absolute atomic E-state index is 13.0. The van der Waals surface area contributed by atoms with Crippen LogP contribution in [-0.2, 0) is 0 Å². The van der Waals surface area contributed by atoms with E-state index in [-0.39, 0.29) is 5.82 Å². The molecule has 5 heteroatoms. The first-order valence-corrected chi connectivity index (χ1v) is 5.02. The van der Waals surface area contributed by atoms with Gasteiger partial charge in [0.15, 0.2) is 0 Å². The second kappa shape index (κ2) is 4.69. The summed E-state index contributed by atoms with van der Waals surface area (Å²) < 4.78 is 18.0. The van der Waals surface area contributed by atoms with Gasteiger partial charge in [0.25, 0.3) is 0 Å². The molecule has 1 aromatic heterocycles. The fourth-order valence-electron chi connectivity index (χ4n) is 1.40. The van der Waals surface area contributed by atoms with Gasteiger partial charge in [-0.2, -0.15) is 4.98 Å². The third-order valence-corrected chi connectivity index (χ3v) is 2.18. The van der Waals surface area contributed by atoms with Gasteiger partial charge in [0.1, 0.15) is 11.6 Å². The number of pyridine rings is 1. The Hall–Kier alpha value is -2.30. The molecular formula is C12H12FN3O. The number of aromatic nitrogens is 1. The number of halogens is 1. The first-order chi connectivity index (χ1) is 8.19. The highest BCUT2D eigenvalue weighted by atomic mass is 19.1. The number of nitrogens with two attached hydrogens (primary N) is 1. The SMILES string of the molecule is COc1nc(Nc2cccc(F)c2)ccc1N. The number of benzene rings is 1. The Labute approximate surface area is 98.2 Å². The maximum atomic E-state index is 13.0. The van der Waals surface area contributed by atoms with Gasteiger partial charge in [-0.25, -0.2) is 4.39 Å². The third kappa shape index (κ3) is 2.63. The quantitative estimate of drug-likeness (QED) is 0.855. The molecule has 0 fully saturated rings. The summed E-state index contributed by atoms with van der Waals surface area (Å²) in [6.07, 6.45) is 0. The lowest BCUT2D eigenvalue weighted by Gasteiger charge is -2.08. The molecule has 0 aliphatic rings. The fourth-order valence-corrected chi connectivity index (χ4v) is 1.40. The van der Waals surface area contributed by atoms with Gasteiger partial charge in [-0.05, 0) is 30.3 Å². The second-order valence-electron chi connectivity index (χ2n) is 3.43. The van der Waals surface area contributed by atoms with Crippen LogP contribution in [0.5, 0.6) is 5.88 Å². The molecule has 0 atom stereocenters. The highest BCUT2D eigenvalue weighted by Gasteiger charge is 2.03. The molecule has 88 valence electrons. The molecule has 0 bridgehead atoms. The minimum Gasteiger partial charge on any atom is -0.479 e. The summed E-state index contributed by atoms with van der Waals surface area (Å²) in [6, 6.07) is 9.49. The van der Waals surface area contributed by atoms with Crippen molar-refractivity contribution in [1.29, 1.82) is 0 Å². The molecule has 0 saturated carbocycles. The number of nitrogens with zero attached hydrogens (tertiary/aromatic N) is 1. The highest BCUT2D eigenvalue weighted by molar-refractivity contribution is 5.60. The minimum atomic E-state index is -0.308. The lowest BCUT2D eigenvalue weighted by atomic mass is 10.3. The number of hydrogen-bond acceptors (Lipinski definition) is 4. The Morgan fingerprint density at radius 2 is 2.12 bits per heavy atom. The van der Waals surface area contributed by atoms with Gasteiger partial charge in [-0.3, -0.25) is 0 Å². The molecule has 2 aromatic rings. The molecule has 0 unspecified atom stereocenters. The summed E-state index contributed by atoms with van der Waals surface area (Å²) in [6.45, 7) is 0. The van der Waals surface area contributed by atoms with Crippen molar-refractivity contribution in [2.24, 2.45) is 0 Å². The Kier molecular flexibility index (Phi) is 3.09. The normalized spacial score (nSPS) is 10.0. The van der Waals surface area contributed by atoms with Crippen molar-refractivity contribution in [1.82, 2.24) is 4.98 Å². The van der Waals surface area contributed by atoms with E-state index >= 15 is 0 Å². The monoisotopic (exact) mass is 233 g/mol. The van der Waals surface area contributed by atoms with Crippen LogP contribution in [-0.4, -0.2) is 12.1 Å². The van der Waals surface area contributed by atoms with Crippen molar-refractivity contribution in [3.8, 4) is 5.88 Å². The average Bonchev–Trinajstić information content (AvgIpc) is 2.32. The van der Waals surface area contributed by atoms with Crippen molar-refractivity contribution >= 4 is 17.2 Å². The van der Waals surface area contributed by atoms with E-state index in [1.54, 1.807) is 24.3 Å². The summed E-state index contributed by atoms with van der Waals surface area (Å²) in [5, 5.41) is 2.96. The zero-order chi connectivity index (χ0) is 12.3. The third-order valence-electron chi connectivity index (χ3n) is 2.18. The van der Waals surface area contributed by atoms with Crippen molar-refractivity contribution < 1.29 is 9.13 Å². The lowest BCUT2D eigenvalue weighted by molar-refractivity contribution is 0.401. The van der Waals surface area contributed by atoms with Crippen LogP contribution in [0.1, 0.15) is 0 Å². The molecule has 1 heterocycles. The minimum absolute atomic E-state index is 0.308. The number of nitrogens with one attached hydrogen (secondary N) is 1. The predicted molar refractivity (Wildman–Crippen MR) is 64.9 cm³/mol. The van der Waals surface area contributed by atoms with E-state index in [1.165, 1.54) is 19.2 Å². The van der Waals surface area contributed by atoms with Crippen LogP contribution in [0.25, 0.3) is 0 Å². The molecule has 3 N–H and O–H groups in total. The van der Waals surface area contributed by atoms with Crippen molar-refractivity contribution in [2.75, 3.05) is 18.2 Å².